The SMILES string of the molecule is CSc1ccc(Cl)c(C(=O)OCC(=O)Nc2c(C)cccc2[N+](=O)[O-])c1. The van der Waals surface area contributed by atoms with Gasteiger partial charge in [0.15, 0.2) is 6.61 Å². The summed E-state index contributed by atoms with van der Waals surface area (Å²) in [6.07, 6.45) is 1.85. The Morgan fingerprint density at radius 2 is 2.04 bits per heavy atom. The number of nitrogens with zero attached hydrogens (tertiary/aromatic N) is 1. The van der Waals surface area contributed by atoms with E-state index in [2.05, 4.69) is 5.32 Å². The van der Waals surface area contributed by atoms with E-state index in [-0.39, 0.29) is 22.0 Å². The number of benzene rings is 2. The molecule has 0 radical (unpaired) electrons. The number of para-hydroxylation sites is 1. The first-order valence-electron chi connectivity index (χ1n) is 7.38. The molecule has 9 heteroatoms. The van der Waals surface area contributed by atoms with Gasteiger partial charge in [-0.05, 0) is 36.9 Å². The average molecular weight is 395 g/mol. The van der Waals surface area contributed by atoms with Crippen molar-refractivity contribution < 1.29 is 19.2 Å². The van der Waals surface area contributed by atoms with Gasteiger partial charge in [0.05, 0.1) is 15.5 Å². The molecule has 2 rings (SSSR count). The molecule has 1 amide bonds. The highest BCUT2D eigenvalue weighted by Crippen LogP contribution is 2.27. The largest absolute Gasteiger partial charge is 0.452 e. The summed E-state index contributed by atoms with van der Waals surface area (Å²) in [4.78, 5) is 35.4. The molecule has 0 bridgehead atoms. The smallest absolute Gasteiger partial charge is 0.340 e. The molecular weight excluding hydrogens is 380 g/mol. The van der Waals surface area contributed by atoms with Crippen LogP contribution >= 0.6 is 23.4 Å². The minimum absolute atomic E-state index is 0.0703. The molecule has 0 aliphatic heterocycles. The van der Waals surface area contributed by atoms with Gasteiger partial charge in [-0.2, -0.15) is 0 Å². The van der Waals surface area contributed by atoms with Gasteiger partial charge in [0.1, 0.15) is 5.69 Å². The lowest BCUT2D eigenvalue weighted by Gasteiger charge is -2.10. The Bertz CT molecular complexity index is 872. The quantitative estimate of drug-likeness (QED) is 0.343. The van der Waals surface area contributed by atoms with Crippen molar-refractivity contribution in [2.45, 2.75) is 11.8 Å². The highest BCUT2D eigenvalue weighted by atomic mass is 35.5. The number of aryl methyl sites for hydroxylation is 1. The van der Waals surface area contributed by atoms with Crippen molar-refractivity contribution in [3.8, 4) is 0 Å². The van der Waals surface area contributed by atoms with Crippen molar-refractivity contribution in [3.63, 3.8) is 0 Å². The van der Waals surface area contributed by atoms with Crippen LogP contribution in [-0.4, -0.2) is 29.7 Å². The van der Waals surface area contributed by atoms with E-state index in [9.17, 15) is 19.7 Å². The number of ether oxygens (including phenoxy) is 1. The number of esters is 1. The predicted molar refractivity (Wildman–Crippen MR) is 100.0 cm³/mol. The van der Waals surface area contributed by atoms with Gasteiger partial charge >= 0.3 is 5.97 Å². The van der Waals surface area contributed by atoms with E-state index in [1.807, 2.05) is 6.26 Å². The Hall–Kier alpha value is -2.58. The fraction of sp³-hybridized carbons (Fsp3) is 0.176. The van der Waals surface area contributed by atoms with Gasteiger partial charge in [0.2, 0.25) is 0 Å². The summed E-state index contributed by atoms with van der Waals surface area (Å²) in [5, 5.41) is 13.7. The molecule has 0 saturated carbocycles. The van der Waals surface area contributed by atoms with Gasteiger partial charge in [-0.15, -0.1) is 11.8 Å². The summed E-state index contributed by atoms with van der Waals surface area (Å²) in [7, 11) is 0. The van der Waals surface area contributed by atoms with Crippen LogP contribution in [0.25, 0.3) is 0 Å². The van der Waals surface area contributed by atoms with Crippen molar-refractivity contribution in [2.75, 3.05) is 18.2 Å². The summed E-state index contributed by atoms with van der Waals surface area (Å²) < 4.78 is 4.97. The highest BCUT2D eigenvalue weighted by Gasteiger charge is 2.19. The molecule has 136 valence electrons. The maximum Gasteiger partial charge on any atom is 0.340 e. The van der Waals surface area contributed by atoms with Gasteiger partial charge in [-0.25, -0.2) is 4.79 Å². The van der Waals surface area contributed by atoms with Crippen molar-refractivity contribution in [1.29, 1.82) is 0 Å². The molecule has 0 aliphatic carbocycles. The number of nitrogens with one attached hydrogen (secondary N) is 1. The molecule has 0 spiro atoms. The number of hydrogen-bond acceptors (Lipinski definition) is 6. The fourth-order valence-corrected chi connectivity index (χ4v) is 2.77. The monoisotopic (exact) mass is 394 g/mol. The van der Waals surface area contributed by atoms with E-state index in [4.69, 9.17) is 16.3 Å². The zero-order valence-corrected chi connectivity index (χ0v) is 15.5. The Balaban J connectivity index is 2.06. The summed E-state index contributed by atoms with van der Waals surface area (Å²) in [6.45, 7) is 1.03. The zero-order chi connectivity index (χ0) is 19.3. The molecule has 0 heterocycles. The van der Waals surface area contributed by atoms with Gasteiger partial charge in [0, 0.05) is 11.0 Å². The lowest BCUT2D eigenvalue weighted by Crippen LogP contribution is -2.22. The second kappa shape index (κ2) is 8.68. The second-order valence-corrected chi connectivity index (χ2v) is 6.48. The summed E-state index contributed by atoms with van der Waals surface area (Å²) in [5.41, 5.74) is 0.504. The fourth-order valence-electron chi connectivity index (χ4n) is 2.14. The van der Waals surface area contributed by atoms with E-state index >= 15 is 0 Å². The lowest BCUT2D eigenvalue weighted by atomic mass is 10.1. The van der Waals surface area contributed by atoms with Gasteiger partial charge in [-0.1, -0.05) is 23.7 Å². The topological polar surface area (TPSA) is 98.5 Å². The number of carbonyl (C=O) groups excluding carboxylic acids is 2. The Kier molecular flexibility index (Phi) is 6.59. The molecular formula is C17H15ClN2O5S. The van der Waals surface area contributed by atoms with Crippen LogP contribution in [0.4, 0.5) is 11.4 Å². The standard InChI is InChI=1S/C17H15ClN2O5S/c1-10-4-3-5-14(20(23)24)16(10)19-15(21)9-25-17(22)12-8-11(26-2)6-7-13(12)18/h3-8H,9H2,1-2H3,(H,19,21). The number of rotatable bonds is 6. The normalized spacial score (nSPS) is 10.3. The second-order valence-electron chi connectivity index (χ2n) is 5.20. The number of halogens is 1. The molecule has 1 N–H and O–H groups in total. The van der Waals surface area contributed by atoms with Crippen molar-refractivity contribution in [2.24, 2.45) is 0 Å². The first-order valence-corrected chi connectivity index (χ1v) is 8.98. The Morgan fingerprint density at radius 1 is 1.31 bits per heavy atom. The zero-order valence-electron chi connectivity index (χ0n) is 13.9. The number of hydrogen-bond donors (Lipinski definition) is 1. The lowest BCUT2D eigenvalue weighted by molar-refractivity contribution is -0.384. The number of thioether (sulfide) groups is 1. The van der Waals surface area contributed by atoms with Gasteiger partial charge in [0.25, 0.3) is 11.6 Å². The van der Waals surface area contributed by atoms with E-state index in [0.29, 0.717) is 5.56 Å². The summed E-state index contributed by atoms with van der Waals surface area (Å²) in [5.74, 6) is -1.44. The van der Waals surface area contributed by atoms with Crippen LogP contribution in [0.3, 0.4) is 0 Å². The first kappa shape index (κ1) is 19.7. The minimum atomic E-state index is -0.750. The number of amides is 1. The molecule has 0 saturated heterocycles. The maximum absolute atomic E-state index is 12.1. The number of anilines is 1. The van der Waals surface area contributed by atoms with Gasteiger partial charge < -0.3 is 10.1 Å². The van der Waals surface area contributed by atoms with Crippen LogP contribution in [0.15, 0.2) is 41.3 Å². The molecule has 0 fully saturated rings. The maximum atomic E-state index is 12.1. The van der Waals surface area contributed by atoms with E-state index in [0.717, 1.165) is 4.90 Å². The van der Waals surface area contributed by atoms with Crippen LogP contribution < -0.4 is 5.32 Å². The molecule has 2 aromatic rings. The molecule has 0 aliphatic rings. The molecule has 0 atom stereocenters. The van der Waals surface area contributed by atoms with Crippen LogP contribution in [0, 0.1) is 17.0 Å². The van der Waals surface area contributed by atoms with Crippen LogP contribution in [0.5, 0.6) is 0 Å². The van der Waals surface area contributed by atoms with Crippen molar-refractivity contribution in [3.05, 3.63) is 62.7 Å². The summed E-state index contributed by atoms with van der Waals surface area (Å²) >= 11 is 7.42. The van der Waals surface area contributed by atoms with E-state index in [1.54, 1.807) is 31.2 Å². The number of nitro benzene ring substituents is 1. The number of carbonyl (C=O) groups is 2. The number of nitro groups is 1. The van der Waals surface area contributed by atoms with E-state index < -0.39 is 23.4 Å². The van der Waals surface area contributed by atoms with E-state index in [1.165, 1.54) is 23.9 Å². The molecule has 26 heavy (non-hydrogen) atoms. The molecule has 7 nitrogen and oxygen atoms in total. The third-order valence-corrected chi connectivity index (χ3v) is 4.49. The molecule has 0 unspecified atom stereocenters. The molecule has 2 aromatic carbocycles. The Morgan fingerprint density at radius 3 is 2.69 bits per heavy atom. The van der Waals surface area contributed by atoms with Crippen LogP contribution in [0.1, 0.15) is 15.9 Å². The first-order chi connectivity index (χ1) is 12.3. The summed E-state index contributed by atoms with van der Waals surface area (Å²) in [6, 6.07) is 9.32. The molecule has 0 aromatic heterocycles. The van der Waals surface area contributed by atoms with Crippen molar-refractivity contribution >= 4 is 46.6 Å². The van der Waals surface area contributed by atoms with Gasteiger partial charge in [-0.3, -0.25) is 14.9 Å². The Labute approximate surface area is 158 Å². The van der Waals surface area contributed by atoms with Crippen LogP contribution in [-0.2, 0) is 9.53 Å². The van der Waals surface area contributed by atoms with Crippen molar-refractivity contribution in [1.82, 2.24) is 0 Å². The predicted octanol–water partition coefficient (Wildman–Crippen LogP) is 4.07. The average Bonchev–Trinajstić information content (AvgIpc) is 2.61. The highest BCUT2D eigenvalue weighted by molar-refractivity contribution is 7.98. The third kappa shape index (κ3) is 4.74. The van der Waals surface area contributed by atoms with Crippen LogP contribution in [0.2, 0.25) is 5.02 Å². The third-order valence-electron chi connectivity index (χ3n) is 3.44. The minimum Gasteiger partial charge on any atom is -0.452 e.